The monoisotopic (exact) mass is 428 g/mol. The molecule has 0 saturated heterocycles. The van der Waals surface area contributed by atoms with Crippen LogP contribution in [0.2, 0.25) is 0 Å². The van der Waals surface area contributed by atoms with Crippen LogP contribution in [0.1, 0.15) is 0 Å². The maximum absolute atomic E-state index is 10.8. The Kier molecular flexibility index (Phi) is 4.50. The van der Waals surface area contributed by atoms with Gasteiger partial charge in [-0.3, -0.25) is 0 Å². The van der Waals surface area contributed by atoms with Gasteiger partial charge in [-0.15, -0.1) is 12.3 Å². The minimum atomic E-state index is -1.16. The van der Waals surface area contributed by atoms with Crippen molar-refractivity contribution >= 4 is 35.3 Å². The summed E-state index contributed by atoms with van der Waals surface area (Å²) >= 11 is 15.3. The summed E-state index contributed by atoms with van der Waals surface area (Å²) in [7, 11) is 0. The van der Waals surface area contributed by atoms with Gasteiger partial charge in [0.25, 0.3) is 0 Å². The van der Waals surface area contributed by atoms with Crippen LogP contribution in [0.4, 0.5) is 0 Å². The predicted octanol–water partition coefficient (Wildman–Crippen LogP) is -0.825. The summed E-state index contributed by atoms with van der Waals surface area (Å²) in [5, 5.41) is 0. The molecule has 0 fully saturated rings. The smallest absolute Gasteiger partial charge is 0.244 e. The van der Waals surface area contributed by atoms with Crippen LogP contribution < -0.4 is 17.1 Å². The van der Waals surface area contributed by atoms with Gasteiger partial charge in [0, 0.05) is 57.7 Å². The Labute approximate surface area is 101 Å². The third kappa shape index (κ3) is 2.09. The van der Waals surface area contributed by atoms with E-state index in [4.69, 9.17) is 35.3 Å². The van der Waals surface area contributed by atoms with Crippen molar-refractivity contribution < 1.29 is 22.4 Å². The molecule has 1 rings (SSSR count). The summed E-state index contributed by atoms with van der Waals surface area (Å²) in [6.45, 7) is 0. The third-order valence-corrected chi connectivity index (χ3v) is 1.88. The summed E-state index contributed by atoms with van der Waals surface area (Å²) in [4.78, 5) is 32.3. The fraction of sp³-hybridized carbons (Fsp3) is 0. The van der Waals surface area contributed by atoms with Crippen LogP contribution in [0.5, 0.6) is 0 Å². The maximum Gasteiger partial charge on any atom is 0.366 e. The molecule has 0 amide bonds. The number of aromatic nitrogens is 3. The molecule has 0 N–H and O–H groups in total. The zero-order valence-electron chi connectivity index (χ0n) is 5.50. The number of halogens is 3. The molecule has 0 aliphatic rings. The minimum Gasteiger partial charge on any atom is -0.244 e. The summed E-state index contributed by atoms with van der Waals surface area (Å²) in [5.74, 6) is 0. The fourth-order valence-electron chi connectivity index (χ4n) is 0.477. The molecule has 1 aromatic rings. The van der Waals surface area contributed by atoms with Gasteiger partial charge in [0.2, 0.25) is 0 Å². The van der Waals surface area contributed by atoms with Crippen molar-refractivity contribution in [1.82, 2.24) is 12.3 Å². The Bertz CT molecular complexity index is 386. The molecular formula is C3AuCl3N3O3. The van der Waals surface area contributed by atoms with E-state index in [1.165, 1.54) is 0 Å². The first-order valence-electron chi connectivity index (χ1n) is 2.46. The average Bonchev–Trinajstić information content (AvgIpc) is 2.08. The van der Waals surface area contributed by atoms with Gasteiger partial charge in [0.15, 0.2) is 0 Å². The Morgan fingerprint density at radius 1 is 0.692 bits per heavy atom. The first-order chi connectivity index (χ1) is 5.46. The van der Waals surface area contributed by atoms with Crippen LogP contribution >= 0.6 is 35.3 Å². The van der Waals surface area contributed by atoms with Crippen LogP contribution in [0.15, 0.2) is 14.4 Å². The van der Waals surface area contributed by atoms with E-state index in [1.54, 1.807) is 0 Å². The molecule has 0 aliphatic heterocycles. The van der Waals surface area contributed by atoms with Gasteiger partial charge in [-0.25, -0.2) is 14.4 Å². The minimum absolute atomic E-state index is 0. The standard InChI is InChI=1S/C3Cl3N3O3.Au/c4-7-1(10)8(5)3(12)9(6)2(7)11;. The van der Waals surface area contributed by atoms with Gasteiger partial charge in [-0.2, -0.15) is 0 Å². The predicted molar refractivity (Wildman–Crippen MR) is 43.0 cm³/mol. The van der Waals surface area contributed by atoms with Gasteiger partial charge < -0.3 is 0 Å². The molecule has 0 saturated carbocycles. The van der Waals surface area contributed by atoms with Crippen molar-refractivity contribution in [1.29, 1.82) is 0 Å². The number of hydrogen-bond donors (Lipinski definition) is 0. The zero-order chi connectivity index (χ0) is 9.46. The van der Waals surface area contributed by atoms with Crippen molar-refractivity contribution in [2.24, 2.45) is 0 Å². The molecule has 10 heteroatoms. The largest absolute Gasteiger partial charge is 0.366 e. The molecule has 1 radical (unpaired) electrons. The van der Waals surface area contributed by atoms with Gasteiger partial charge in [-0.1, -0.05) is 0 Å². The second-order valence-corrected chi connectivity index (χ2v) is 2.70. The molecule has 1 aromatic heterocycles. The summed E-state index contributed by atoms with van der Waals surface area (Å²) in [6, 6.07) is 0. The maximum atomic E-state index is 10.8. The first kappa shape index (κ1) is 13.0. The molecular weight excluding hydrogens is 429 g/mol. The normalized spacial score (nSPS) is 9.46. The fourth-order valence-corrected chi connectivity index (χ4v) is 1.05. The van der Waals surface area contributed by atoms with Gasteiger partial charge in [-0.05, 0) is 0 Å². The molecule has 1 heterocycles. The second-order valence-electron chi connectivity index (χ2n) is 1.69. The molecule has 77 valence electrons. The molecule has 6 nitrogen and oxygen atoms in total. The van der Waals surface area contributed by atoms with E-state index >= 15 is 0 Å². The van der Waals surface area contributed by atoms with Crippen LogP contribution in [0.3, 0.4) is 0 Å². The van der Waals surface area contributed by atoms with Crippen molar-refractivity contribution in [3.05, 3.63) is 31.5 Å². The Balaban J connectivity index is 0.00000144. The van der Waals surface area contributed by atoms with Crippen molar-refractivity contribution in [3.8, 4) is 0 Å². The van der Waals surface area contributed by atoms with Crippen molar-refractivity contribution in [2.75, 3.05) is 0 Å². The van der Waals surface area contributed by atoms with E-state index in [-0.39, 0.29) is 34.6 Å². The molecule has 0 aliphatic carbocycles. The van der Waals surface area contributed by atoms with E-state index in [1.807, 2.05) is 0 Å². The number of rotatable bonds is 0. The Hall–Kier alpha value is 0.0203. The number of nitrogens with zero attached hydrogens (tertiary/aromatic N) is 3. The summed E-state index contributed by atoms with van der Waals surface area (Å²) < 4.78 is 0.254. The topological polar surface area (TPSA) is 66.0 Å². The Morgan fingerprint density at radius 3 is 1.00 bits per heavy atom. The van der Waals surface area contributed by atoms with Crippen molar-refractivity contribution in [3.63, 3.8) is 0 Å². The van der Waals surface area contributed by atoms with E-state index in [0.717, 1.165) is 0 Å². The van der Waals surface area contributed by atoms with Gasteiger partial charge >= 0.3 is 17.1 Å². The molecule has 0 spiro atoms. The van der Waals surface area contributed by atoms with Crippen LogP contribution in [-0.2, 0) is 22.4 Å². The summed E-state index contributed by atoms with van der Waals surface area (Å²) in [5.41, 5.74) is -3.49. The van der Waals surface area contributed by atoms with E-state index in [9.17, 15) is 14.4 Å². The van der Waals surface area contributed by atoms with Gasteiger partial charge in [0.1, 0.15) is 0 Å². The first-order valence-corrected chi connectivity index (χ1v) is 3.48. The van der Waals surface area contributed by atoms with Crippen LogP contribution in [0.25, 0.3) is 0 Å². The van der Waals surface area contributed by atoms with Crippen LogP contribution in [0, 0.1) is 0 Å². The molecule has 0 unspecified atom stereocenters. The molecule has 0 aromatic carbocycles. The van der Waals surface area contributed by atoms with E-state index < -0.39 is 17.1 Å². The average molecular weight is 429 g/mol. The Morgan fingerprint density at radius 2 is 0.846 bits per heavy atom. The quantitative estimate of drug-likeness (QED) is 0.506. The molecule has 0 bridgehead atoms. The molecule has 13 heavy (non-hydrogen) atoms. The summed E-state index contributed by atoms with van der Waals surface area (Å²) in [6.07, 6.45) is 0. The van der Waals surface area contributed by atoms with Gasteiger partial charge in [0.05, 0.1) is 0 Å². The third-order valence-electron chi connectivity index (χ3n) is 1.01. The van der Waals surface area contributed by atoms with Crippen molar-refractivity contribution in [2.45, 2.75) is 0 Å². The zero-order valence-corrected chi connectivity index (χ0v) is 9.94. The second kappa shape index (κ2) is 4.50. The number of hydrogen-bond acceptors (Lipinski definition) is 3. The van der Waals surface area contributed by atoms with E-state index in [0.29, 0.717) is 0 Å². The van der Waals surface area contributed by atoms with E-state index in [2.05, 4.69) is 0 Å². The molecule has 0 atom stereocenters. The SMILES string of the molecule is O=c1n(Cl)c(=O)n(Cl)c(=O)n1Cl.[Au]. The van der Waals surface area contributed by atoms with Crippen LogP contribution in [-0.4, -0.2) is 12.3 Å².